The molecule has 3 rings (SSSR count). The average molecular weight is 360 g/mol. The number of carbonyl (C=O) groups excluding carboxylic acids is 1. The molecule has 0 saturated heterocycles. The van der Waals surface area contributed by atoms with Gasteiger partial charge in [-0.05, 0) is 36.8 Å². The number of hydrogen-bond donors (Lipinski definition) is 1. The molecule has 140 valence electrons. The van der Waals surface area contributed by atoms with E-state index in [0.717, 1.165) is 22.8 Å². The molecule has 0 radical (unpaired) electrons. The smallest absolute Gasteiger partial charge is 0.237 e. The number of hydrogen-bond acceptors (Lipinski definition) is 6. The minimum absolute atomic E-state index is 0.00665. The van der Waals surface area contributed by atoms with Crippen molar-refractivity contribution in [2.75, 3.05) is 33.6 Å². The molecule has 26 heavy (non-hydrogen) atoms. The molecule has 1 amide bonds. The Morgan fingerprint density at radius 3 is 2.81 bits per heavy atom. The van der Waals surface area contributed by atoms with Gasteiger partial charge in [-0.25, -0.2) is 0 Å². The predicted octanol–water partition coefficient (Wildman–Crippen LogP) is 2.08. The molecule has 7 heteroatoms. The van der Waals surface area contributed by atoms with Gasteiger partial charge in [-0.2, -0.15) is 0 Å². The van der Waals surface area contributed by atoms with E-state index < -0.39 is 0 Å². The van der Waals surface area contributed by atoms with E-state index in [1.807, 2.05) is 37.3 Å². The maximum absolute atomic E-state index is 12.7. The summed E-state index contributed by atoms with van der Waals surface area (Å²) in [7, 11) is 1.63. The maximum Gasteiger partial charge on any atom is 0.237 e. The number of benzene rings is 1. The van der Waals surface area contributed by atoms with Gasteiger partial charge in [0.15, 0.2) is 11.5 Å². The summed E-state index contributed by atoms with van der Waals surface area (Å²) in [5.41, 5.74) is 0.975. The van der Waals surface area contributed by atoms with E-state index in [9.17, 15) is 4.79 Å². The van der Waals surface area contributed by atoms with E-state index in [2.05, 4.69) is 5.32 Å². The van der Waals surface area contributed by atoms with Crippen LogP contribution in [0.5, 0.6) is 11.5 Å². The molecular formula is C19H24N2O5. The molecule has 2 aromatic rings. The summed E-state index contributed by atoms with van der Waals surface area (Å²) >= 11 is 0. The molecule has 2 heterocycles. The third-order valence-corrected chi connectivity index (χ3v) is 4.07. The summed E-state index contributed by atoms with van der Waals surface area (Å²) in [5.74, 6) is 3.02. The van der Waals surface area contributed by atoms with E-state index in [1.54, 1.807) is 12.0 Å². The SMILES string of the molecule is COCCNCC(=O)N(Cc1ccc2c(c1)OCO2)Cc1ccc(C)o1. The molecule has 1 aromatic carbocycles. The first kappa shape index (κ1) is 18.3. The number of furan rings is 1. The van der Waals surface area contributed by atoms with Crippen molar-refractivity contribution in [1.29, 1.82) is 0 Å². The van der Waals surface area contributed by atoms with Gasteiger partial charge in [0.1, 0.15) is 11.5 Å². The van der Waals surface area contributed by atoms with Gasteiger partial charge >= 0.3 is 0 Å². The highest BCUT2D eigenvalue weighted by Crippen LogP contribution is 2.32. The van der Waals surface area contributed by atoms with Crippen LogP contribution in [0.3, 0.4) is 0 Å². The highest BCUT2D eigenvalue weighted by molar-refractivity contribution is 5.78. The van der Waals surface area contributed by atoms with E-state index in [-0.39, 0.29) is 19.2 Å². The van der Waals surface area contributed by atoms with Crippen molar-refractivity contribution in [3.63, 3.8) is 0 Å². The van der Waals surface area contributed by atoms with Crippen LogP contribution in [-0.2, 0) is 22.6 Å². The Bertz CT molecular complexity index is 743. The quantitative estimate of drug-likeness (QED) is 0.690. The van der Waals surface area contributed by atoms with Crippen LogP contribution in [0.15, 0.2) is 34.7 Å². The molecule has 0 bridgehead atoms. The second-order valence-electron chi connectivity index (χ2n) is 6.12. The Morgan fingerprint density at radius 2 is 2.04 bits per heavy atom. The van der Waals surface area contributed by atoms with Crippen molar-refractivity contribution in [3.05, 3.63) is 47.4 Å². The molecule has 0 spiro atoms. The summed E-state index contributed by atoms with van der Waals surface area (Å²) in [6.07, 6.45) is 0. The highest BCUT2D eigenvalue weighted by Gasteiger charge is 2.19. The number of nitrogens with one attached hydrogen (secondary N) is 1. The third kappa shape index (κ3) is 4.77. The number of nitrogens with zero attached hydrogens (tertiary/aromatic N) is 1. The number of fused-ring (bicyclic) bond motifs is 1. The first-order valence-corrected chi connectivity index (χ1v) is 8.57. The first-order chi connectivity index (χ1) is 12.7. The van der Waals surface area contributed by atoms with Crippen LogP contribution in [0.2, 0.25) is 0 Å². The minimum atomic E-state index is -0.00665. The van der Waals surface area contributed by atoms with Crippen LogP contribution < -0.4 is 14.8 Å². The van der Waals surface area contributed by atoms with Crippen molar-refractivity contribution in [1.82, 2.24) is 10.2 Å². The van der Waals surface area contributed by atoms with Gasteiger partial charge in [0, 0.05) is 20.2 Å². The number of carbonyl (C=O) groups is 1. The zero-order chi connectivity index (χ0) is 18.4. The number of rotatable bonds is 9. The molecule has 0 fully saturated rings. The lowest BCUT2D eigenvalue weighted by atomic mass is 10.2. The van der Waals surface area contributed by atoms with Crippen LogP contribution in [-0.4, -0.2) is 44.4 Å². The monoisotopic (exact) mass is 360 g/mol. The number of amides is 1. The van der Waals surface area contributed by atoms with Crippen molar-refractivity contribution in [3.8, 4) is 11.5 Å². The van der Waals surface area contributed by atoms with E-state index in [4.69, 9.17) is 18.6 Å². The lowest BCUT2D eigenvalue weighted by Gasteiger charge is -2.22. The summed E-state index contributed by atoms with van der Waals surface area (Å²) in [6, 6.07) is 9.52. The van der Waals surface area contributed by atoms with Gasteiger partial charge in [-0.1, -0.05) is 6.07 Å². The summed E-state index contributed by atoms with van der Waals surface area (Å²) < 4.78 is 21.4. The van der Waals surface area contributed by atoms with E-state index >= 15 is 0 Å². The average Bonchev–Trinajstić information content (AvgIpc) is 3.26. The lowest BCUT2D eigenvalue weighted by molar-refractivity contribution is -0.131. The molecule has 0 saturated carbocycles. The fraction of sp³-hybridized carbons (Fsp3) is 0.421. The van der Waals surface area contributed by atoms with Gasteiger partial charge in [-0.3, -0.25) is 4.79 Å². The fourth-order valence-corrected chi connectivity index (χ4v) is 2.73. The van der Waals surface area contributed by atoms with Crippen LogP contribution >= 0.6 is 0 Å². The Balaban J connectivity index is 1.68. The predicted molar refractivity (Wildman–Crippen MR) is 95.0 cm³/mol. The second-order valence-corrected chi connectivity index (χ2v) is 6.12. The lowest BCUT2D eigenvalue weighted by Crippen LogP contribution is -2.38. The van der Waals surface area contributed by atoms with Gasteiger partial charge in [0.2, 0.25) is 12.7 Å². The summed E-state index contributed by atoms with van der Waals surface area (Å²) in [5, 5.41) is 3.09. The molecule has 1 aromatic heterocycles. The van der Waals surface area contributed by atoms with Crippen LogP contribution in [0.4, 0.5) is 0 Å². The molecule has 0 aliphatic carbocycles. The Morgan fingerprint density at radius 1 is 1.19 bits per heavy atom. The van der Waals surface area contributed by atoms with E-state index in [1.165, 1.54) is 0 Å². The second kappa shape index (κ2) is 8.73. The Hall–Kier alpha value is -2.51. The van der Waals surface area contributed by atoms with Crippen molar-refractivity contribution in [2.45, 2.75) is 20.0 Å². The van der Waals surface area contributed by atoms with Gasteiger partial charge in [0.05, 0.1) is 19.7 Å². The standard InChI is InChI=1S/C19H24N2O5/c1-14-3-5-16(26-14)12-21(19(22)10-20-7-8-23-2)11-15-4-6-17-18(9-15)25-13-24-17/h3-6,9,20H,7-8,10-13H2,1-2H3. The topological polar surface area (TPSA) is 73.2 Å². The minimum Gasteiger partial charge on any atom is -0.464 e. The molecule has 0 atom stereocenters. The van der Waals surface area contributed by atoms with Gasteiger partial charge < -0.3 is 28.8 Å². The molecule has 1 aliphatic heterocycles. The number of methoxy groups -OCH3 is 1. The maximum atomic E-state index is 12.7. The van der Waals surface area contributed by atoms with Crippen LogP contribution in [0.1, 0.15) is 17.1 Å². The first-order valence-electron chi connectivity index (χ1n) is 8.57. The van der Waals surface area contributed by atoms with Crippen LogP contribution in [0, 0.1) is 6.92 Å². The highest BCUT2D eigenvalue weighted by atomic mass is 16.7. The largest absolute Gasteiger partial charge is 0.464 e. The third-order valence-electron chi connectivity index (χ3n) is 4.07. The van der Waals surface area contributed by atoms with Crippen molar-refractivity contribution >= 4 is 5.91 Å². The molecule has 0 unspecified atom stereocenters. The zero-order valence-corrected chi connectivity index (χ0v) is 15.1. The van der Waals surface area contributed by atoms with E-state index in [0.29, 0.717) is 32.0 Å². The van der Waals surface area contributed by atoms with Gasteiger partial charge in [-0.15, -0.1) is 0 Å². The van der Waals surface area contributed by atoms with Crippen molar-refractivity contribution in [2.24, 2.45) is 0 Å². The van der Waals surface area contributed by atoms with Crippen LogP contribution in [0.25, 0.3) is 0 Å². The summed E-state index contributed by atoms with van der Waals surface area (Å²) in [6.45, 7) is 4.42. The summed E-state index contributed by atoms with van der Waals surface area (Å²) in [4.78, 5) is 14.4. The number of ether oxygens (including phenoxy) is 3. The zero-order valence-electron chi connectivity index (χ0n) is 15.1. The molecule has 1 aliphatic rings. The normalized spacial score (nSPS) is 12.4. The van der Waals surface area contributed by atoms with Gasteiger partial charge in [0.25, 0.3) is 0 Å². The fourth-order valence-electron chi connectivity index (χ4n) is 2.73. The Kier molecular flexibility index (Phi) is 6.14. The van der Waals surface area contributed by atoms with Crippen molar-refractivity contribution < 1.29 is 23.4 Å². The molecule has 1 N–H and O–H groups in total. The Labute approximate surface area is 152 Å². The number of aryl methyl sites for hydroxylation is 1. The molecule has 7 nitrogen and oxygen atoms in total. The molecular weight excluding hydrogens is 336 g/mol.